The highest BCUT2D eigenvalue weighted by atomic mass is 35.5. The summed E-state index contributed by atoms with van der Waals surface area (Å²) in [4.78, 5) is 0. The fraction of sp³-hybridized carbons (Fsp3) is 0.500. The molecular formula is C12H16ClNO. The average Bonchev–Trinajstić information content (AvgIpc) is 2.74. The molecule has 1 aromatic carbocycles. The van der Waals surface area contributed by atoms with E-state index < -0.39 is 0 Å². The van der Waals surface area contributed by atoms with E-state index in [1.807, 2.05) is 18.2 Å². The first-order valence-corrected chi connectivity index (χ1v) is 5.76. The van der Waals surface area contributed by atoms with Crippen molar-refractivity contribution in [1.82, 2.24) is 5.32 Å². The number of rotatable bonds is 4. The molecular weight excluding hydrogens is 210 g/mol. The van der Waals surface area contributed by atoms with Crippen molar-refractivity contribution in [2.24, 2.45) is 5.92 Å². The molecule has 2 nitrogen and oxygen atoms in total. The Bertz CT molecular complexity index is 310. The van der Waals surface area contributed by atoms with Crippen LogP contribution in [0.2, 0.25) is 5.02 Å². The van der Waals surface area contributed by atoms with Crippen LogP contribution < -0.4 is 5.32 Å². The van der Waals surface area contributed by atoms with E-state index in [-0.39, 0.29) is 0 Å². The summed E-state index contributed by atoms with van der Waals surface area (Å²) in [5, 5.41) is 4.26. The lowest BCUT2D eigenvalue weighted by atomic mass is 10.1. The van der Waals surface area contributed by atoms with Crippen molar-refractivity contribution in [1.29, 1.82) is 0 Å². The molecule has 1 heterocycles. The molecule has 1 aliphatic heterocycles. The van der Waals surface area contributed by atoms with Crippen LogP contribution in [-0.2, 0) is 11.3 Å². The van der Waals surface area contributed by atoms with Crippen LogP contribution >= 0.6 is 11.6 Å². The lowest BCUT2D eigenvalue weighted by Crippen LogP contribution is -2.22. The van der Waals surface area contributed by atoms with Crippen molar-refractivity contribution in [2.45, 2.75) is 13.0 Å². The van der Waals surface area contributed by atoms with Crippen molar-refractivity contribution < 1.29 is 4.74 Å². The highest BCUT2D eigenvalue weighted by Crippen LogP contribution is 2.15. The zero-order valence-corrected chi connectivity index (χ0v) is 9.46. The Labute approximate surface area is 95.6 Å². The van der Waals surface area contributed by atoms with Crippen LogP contribution in [0.1, 0.15) is 12.0 Å². The summed E-state index contributed by atoms with van der Waals surface area (Å²) in [5.74, 6) is 0.674. The molecule has 1 fully saturated rings. The summed E-state index contributed by atoms with van der Waals surface area (Å²) < 4.78 is 5.32. The van der Waals surface area contributed by atoms with Gasteiger partial charge in [0.1, 0.15) is 0 Å². The van der Waals surface area contributed by atoms with Gasteiger partial charge in [-0.2, -0.15) is 0 Å². The van der Waals surface area contributed by atoms with Crippen molar-refractivity contribution in [2.75, 3.05) is 19.8 Å². The van der Waals surface area contributed by atoms with Crippen molar-refractivity contribution >= 4 is 11.6 Å². The molecule has 0 aliphatic carbocycles. The largest absolute Gasteiger partial charge is 0.381 e. The highest BCUT2D eigenvalue weighted by molar-refractivity contribution is 6.31. The third-order valence-corrected chi connectivity index (χ3v) is 3.10. The third-order valence-electron chi connectivity index (χ3n) is 2.73. The van der Waals surface area contributed by atoms with Gasteiger partial charge in [0.2, 0.25) is 0 Å². The van der Waals surface area contributed by atoms with Gasteiger partial charge in [0.15, 0.2) is 0 Å². The molecule has 0 radical (unpaired) electrons. The fourth-order valence-corrected chi connectivity index (χ4v) is 2.00. The van der Waals surface area contributed by atoms with E-state index in [1.54, 1.807) is 0 Å². The molecule has 1 unspecified atom stereocenters. The standard InChI is InChI=1S/C12H16ClNO/c13-12-4-2-1-3-11(12)8-14-7-10-5-6-15-9-10/h1-4,10,14H,5-9H2. The van der Waals surface area contributed by atoms with Crippen LogP contribution in [0.5, 0.6) is 0 Å². The Morgan fingerprint density at radius 3 is 3.00 bits per heavy atom. The van der Waals surface area contributed by atoms with E-state index in [1.165, 1.54) is 6.42 Å². The molecule has 0 bridgehead atoms. The topological polar surface area (TPSA) is 21.3 Å². The van der Waals surface area contributed by atoms with Crippen molar-refractivity contribution in [3.8, 4) is 0 Å². The summed E-state index contributed by atoms with van der Waals surface area (Å²) in [6.07, 6.45) is 1.18. The molecule has 1 aliphatic rings. The van der Waals surface area contributed by atoms with E-state index >= 15 is 0 Å². The lowest BCUT2D eigenvalue weighted by molar-refractivity contribution is 0.185. The van der Waals surface area contributed by atoms with Gasteiger partial charge in [-0.15, -0.1) is 0 Å². The molecule has 15 heavy (non-hydrogen) atoms. The molecule has 3 heteroatoms. The summed E-state index contributed by atoms with van der Waals surface area (Å²) in [5.41, 5.74) is 1.16. The number of halogens is 1. The summed E-state index contributed by atoms with van der Waals surface area (Å²) in [6, 6.07) is 7.95. The molecule has 1 aromatic rings. The zero-order chi connectivity index (χ0) is 10.5. The van der Waals surface area contributed by atoms with Crippen LogP contribution in [0.3, 0.4) is 0 Å². The fourth-order valence-electron chi connectivity index (χ4n) is 1.80. The molecule has 0 saturated carbocycles. The zero-order valence-electron chi connectivity index (χ0n) is 8.71. The smallest absolute Gasteiger partial charge is 0.0507 e. The van der Waals surface area contributed by atoms with Crippen molar-refractivity contribution in [3.05, 3.63) is 34.9 Å². The molecule has 2 rings (SSSR count). The molecule has 0 aromatic heterocycles. The number of benzene rings is 1. The van der Waals surface area contributed by atoms with Gasteiger partial charge in [0.05, 0.1) is 6.61 Å². The molecule has 1 N–H and O–H groups in total. The lowest BCUT2D eigenvalue weighted by Gasteiger charge is -2.10. The van der Waals surface area contributed by atoms with Crippen LogP contribution in [-0.4, -0.2) is 19.8 Å². The Morgan fingerprint density at radius 2 is 2.27 bits per heavy atom. The molecule has 82 valence electrons. The second kappa shape index (κ2) is 5.50. The number of hydrogen-bond donors (Lipinski definition) is 1. The van der Waals surface area contributed by atoms with E-state index in [9.17, 15) is 0 Å². The first kappa shape index (κ1) is 10.9. The SMILES string of the molecule is Clc1ccccc1CNCC1CCOC1. The van der Waals surface area contributed by atoms with E-state index in [2.05, 4.69) is 11.4 Å². The summed E-state index contributed by atoms with van der Waals surface area (Å²) in [6.45, 7) is 3.68. The van der Waals surface area contributed by atoms with Gasteiger partial charge >= 0.3 is 0 Å². The predicted octanol–water partition coefficient (Wildman–Crippen LogP) is 2.47. The Kier molecular flexibility index (Phi) is 4.01. The summed E-state index contributed by atoms with van der Waals surface area (Å²) >= 11 is 6.05. The predicted molar refractivity (Wildman–Crippen MR) is 62.1 cm³/mol. The van der Waals surface area contributed by atoms with Gasteiger partial charge in [-0.1, -0.05) is 29.8 Å². The normalized spacial score (nSPS) is 20.7. The van der Waals surface area contributed by atoms with E-state index in [4.69, 9.17) is 16.3 Å². The minimum atomic E-state index is 0.674. The monoisotopic (exact) mass is 225 g/mol. The molecule has 0 amide bonds. The second-order valence-corrected chi connectivity index (χ2v) is 4.36. The quantitative estimate of drug-likeness (QED) is 0.850. The van der Waals surface area contributed by atoms with Crippen LogP contribution in [0.4, 0.5) is 0 Å². The maximum Gasteiger partial charge on any atom is 0.0507 e. The van der Waals surface area contributed by atoms with Crippen LogP contribution in [0.15, 0.2) is 24.3 Å². The van der Waals surface area contributed by atoms with Crippen LogP contribution in [0.25, 0.3) is 0 Å². The summed E-state index contributed by atoms with van der Waals surface area (Å²) in [7, 11) is 0. The third kappa shape index (κ3) is 3.20. The molecule has 0 spiro atoms. The molecule has 1 saturated heterocycles. The maximum absolute atomic E-state index is 6.05. The van der Waals surface area contributed by atoms with E-state index in [0.717, 1.165) is 36.9 Å². The van der Waals surface area contributed by atoms with E-state index in [0.29, 0.717) is 5.92 Å². The number of nitrogens with one attached hydrogen (secondary N) is 1. The highest BCUT2D eigenvalue weighted by Gasteiger charge is 2.14. The number of ether oxygens (including phenoxy) is 1. The van der Waals surface area contributed by atoms with Crippen LogP contribution in [0, 0.1) is 5.92 Å². The Balaban J connectivity index is 1.75. The number of hydrogen-bond acceptors (Lipinski definition) is 2. The minimum absolute atomic E-state index is 0.674. The van der Waals surface area contributed by atoms with Gasteiger partial charge in [0, 0.05) is 24.7 Å². The van der Waals surface area contributed by atoms with Gasteiger partial charge in [0.25, 0.3) is 0 Å². The maximum atomic E-state index is 6.05. The molecule has 1 atom stereocenters. The first-order chi connectivity index (χ1) is 7.36. The minimum Gasteiger partial charge on any atom is -0.381 e. The first-order valence-electron chi connectivity index (χ1n) is 5.38. The van der Waals surface area contributed by atoms with Gasteiger partial charge < -0.3 is 10.1 Å². The Morgan fingerprint density at radius 1 is 1.40 bits per heavy atom. The van der Waals surface area contributed by atoms with Gasteiger partial charge in [-0.05, 0) is 24.0 Å². The second-order valence-electron chi connectivity index (χ2n) is 3.95. The van der Waals surface area contributed by atoms with Gasteiger partial charge in [-0.25, -0.2) is 0 Å². The van der Waals surface area contributed by atoms with Crippen molar-refractivity contribution in [3.63, 3.8) is 0 Å². The van der Waals surface area contributed by atoms with Gasteiger partial charge in [-0.3, -0.25) is 0 Å². The Hall–Kier alpha value is -0.570. The average molecular weight is 226 g/mol.